The quantitative estimate of drug-likeness (QED) is 0.563. The van der Waals surface area contributed by atoms with Crippen molar-refractivity contribution in [3.8, 4) is 16.9 Å². The number of likely N-dealkylation sites (tertiary alicyclic amines) is 1. The molecule has 35 heavy (non-hydrogen) atoms. The zero-order valence-corrected chi connectivity index (χ0v) is 19.4. The molecule has 1 aliphatic rings. The van der Waals surface area contributed by atoms with E-state index in [-0.39, 0.29) is 5.91 Å². The van der Waals surface area contributed by atoms with Crippen molar-refractivity contribution >= 4 is 11.9 Å². The van der Waals surface area contributed by atoms with Crippen molar-refractivity contribution < 1.29 is 27.9 Å². The summed E-state index contributed by atoms with van der Waals surface area (Å²) >= 11 is 0. The molecule has 2 aromatic carbocycles. The summed E-state index contributed by atoms with van der Waals surface area (Å²) in [5, 5.41) is 15.0. The Hall–Kier alpha value is -3.66. The molecule has 1 aliphatic heterocycles. The van der Waals surface area contributed by atoms with Gasteiger partial charge in [0, 0.05) is 24.8 Å². The molecule has 1 unspecified atom stereocenters. The van der Waals surface area contributed by atoms with Crippen LogP contribution in [0.4, 0.5) is 13.2 Å². The molecule has 4 rings (SSSR count). The average molecular weight is 489 g/mol. The van der Waals surface area contributed by atoms with Crippen LogP contribution in [0.25, 0.3) is 16.9 Å². The number of halogens is 3. The van der Waals surface area contributed by atoms with E-state index in [2.05, 4.69) is 24.2 Å². The number of para-hydroxylation sites is 1. The Morgan fingerprint density at radius 2 is 1.74 bits per heavy atom. The monoisotopic (exact) mass is 488 g/mol. The molecule has 1 amide bonds. The molecule has 2 N–H and O–H groups in total. The minimum Gasteiger partial charge on any atom is -0.475 e. The maximum atomic E-state index is 13.0. The smallest absolute Gasteiger partial charge is 0.475 e. The highest BCUT2D eigenvalue weighted by atomic mass is 19.4. The summed E-state index contributed by atoms with van der Waals surface area (Å²) in [6.45, 7) is 4.89. The summed E-state index contributed by atoms with van der Waals surface area (Å²) in [5.74, 6) is -2.30. The Morgan fingerprint density at radius 1 is 1.11 bits per heavy atom. The molecule has 0 aliphatic carbocycles. The lowest BCUT2D eigenvalue weighted by molar-refractivity contribution is -0.192. The number of aliphatic carboxylic acids is 1. The van der Waals surface area contributed by atoms with Crippen LogP contribution in [-0.4, -0.2) is 64.5 Å². The molecule has 1 aromatic heterocycles. The first kappa shape index (κ1) is 26.0. The van der Waals surface area contributed by atoms with Crippen LogP contribution in [0.3, 0.4) is 0 Å². The maximum absolute atomic E-state index is 13.0. The van der Waals surface area contributed by atoms with Crippen molar-refractivity contribution in [3.63, 3.8) is 0 Å². The van der Waals surface area contributed by atoms with Crippen LogP contribution in [0.15, 0.2) is 60.8 Å². The van der Waals surface area contributed by atoms with Gasteiger partial charge in [-0.25, -0.2) is 9.48 Å². The highest BCUT2D eigenvalue weighted by Gasteiger charge is 2.38. The predicted octanol–water partition coefficient (Wildman–Crippen LogP) is 4.16. The van der Waals surface area contributed by atoms with E-state index in [1.165, 1.54) is 5.56 Å². The lowest BCUT2D eigenvalue weighted by Crippen LogP contribution is -2.30. The van der Waals surface area contributed by atoms with Crippen LogP contribution in [0.5, 0.6) is 0 Å². The molecule has 3 aromatic rings. The third-order valence-electron chi connectivity index (χ3n) is 5.59. The molecule has 0 spiro atoms. The van der Waals surface area contributed by atoms with Gasteiger partial charge >= 0.3 is 12.1 Å². The van der Waals surface area contributed by atoms with Crippen molar-refractivity contribution in [1.29, 1.82) is 0 Å². The molecule has 0 saturated carbocycles. The number of nitrogens with one attached hydrogen (secondary N) is 1. The van der Waals surface area contributed by atoms with E-state index >= 15 is 0 Å². The number of aryl methyl sites for hydroxylation is 1. The third kappa shape index (κ3) is 7.16. The first-order chi connectivity index (χ1) is 16.5. The molecule has 1 saturated heterocycles. The summed E-state index contributed by atoms with van der Waals surface area (Å²) < 4.78 is 33.5. The van der Waals surface area contributed by atoms with Crippen molar-refractivity contribution in [2.45, 2.75) is 19.5 Å². The standard InChI is InChI=1S/C23H26N4O.C2HF3O2/c1-17-8-10-19(11-9-17)22-21(16-27(25-22)20-6-4-3-5-7-20)23(28)24-14-18-12-13-26(2)15-18;3-2(4,5)1(6)7/h3-11,16,18H,12-15H2,1-2H3,(H,24,28);(H,6,7). The Labute approximate surface area is 201 Å². The summed E-state index contributed by atoms with van der Waals surface area (Å²) in [6.07, 6.45) is -2.12. The zero-order valence-electron chi connectivity index (χ0n) is 19.4. The fourth-order valence-electron chi connectivity index (χ4n) is 3.70. The topological polar surface area (TPSA) is 87.5 Å². The summed E-state index contributed by atoms with van der Waals surface area (Å²) in [7, 11) is 2.13. The van der Waals surface area contributed by atoms with Crippen molar-refractivity contribution in [1.82, 2.24) is 20.0 Å². The Bertz CT molecular complexity index is 1150. The van der Waals surface area contributed by atoms with E-state index < -0.39 is 12.1 Å². The molecule has 2 heterocycles. The highest BCUT2D eigenvalue weighted by Crippen LogP contribution is 2.24. The highest BCUT2D eigenvalue weighted by molar-refractivity contribution is 6.00. The summed E-state index contributed by atoms with van der Waals surface area (Å²) in [6, 6.07) is 18.0. The van der Waals surface area contributed by atoms with Gasteiger partial charge in [-0.05, 0) is 45.0 Å². The number of hydrogen-bond acceptors (Lipinski definition) is 4. The van der Waals surface area contributed by atoms with Gasteiger partial charge in [0.25, 0.3) is 5.91 Å². The number of carbonyl (C=O) groups excluding carboxylic acids is 1. The van der Waals surface area contributed by atoms with Crippen molar-refractivity contribution in [2.24, 2.45) is 5.92 Å². The number of hydrogen-bond donors (Lipinski definition) is 2. The number of carbonyl (C=O) groups is 2. The first-order valence-electron chi connectivity index (χ1n) is 11.0. The zero-order chi connectivity index (χ0) is 25.6. The van der Waals surface area contributed by atoms with Crippen LogP contribution in [0.2, 0.25) is 0 Å². The lowest BCUT2D eigenvalue weighted by atomic mass is 10.1. The number of aromatic nitrogens is 2. The van der Waals surface area contributed by atoms with Crippen LogP contribution >= 0.6 is 0 Å². The number of benzene rings is 2. The van der Waals surface area contributed by atoms with E-state index in [0.29, 0.717) is 23.7 Å². The van der Waals surface area contributed by atoms with Crippen LogP contribution in [-0.2, 0) is 4.79 Å². The molecular formula is C25H27F3N4O3. The molecule has 0 radical (unpaired) electrons. The number of amides is 1. The van der Waals surface area contributed by atoms with Gasteiger partial charge in [-0.3, -0.25) is 4.79 Å². The predicted molar refractivity (Wildman–Crippen MR) is 125 cm³/mol. The fourth-order valence-corrected chi connectivity index (χ4v) is 3.70. The number of rotatable bonds is 5. The average Bonchev–Trinajstić information content (AvgIpc) is 3.45. The van der Waals surface area contributed by atoms with Gasteiger partial charge in [-0.2, -0.15) is 18.3 Å². The van der Waals surface area contributed by atoms with E-state index in [1.807, 2.05) is 60.8 Å². The second-order valence-electron chi connectivity index (χ2n) is 8.47. The van der Waals surface area contributed by atoms with Gasteiger partial charge in [-0.15, -0.1) is 0 Å². The van der Waals surface area contributed by atoms with Gasteiger partial charge in [0.2, 0.25) is 0 Å². The maximum Gasteiger partial charge on any atom is 0.490 e. The van der Waals surface area contributed by atoms with E-state index in [1.54, 1.807) is 4.68 Å². The molecule has 0 bridgehead atoms. The molecule has 186 valence electrons. The lowest BCUT2D eigenvalue weighted by Gasteiger charge is -2.11. The summed E-state index contributed by atoms with van der Waals surface area (Å²) in [5.41, 5.74) is 4.39. The Kier molecular flexibility index (Phi) is 8.29. The number of alkyl halides is 3. The molecule has 7 nitrogen and oxygen atoms in total. The molecule has 10 heteroatoms. The minimum atomic E-state index is -5.08. The molecular weight excluding hydrogens is 461 g/mol. The van der Waals surface area contributed by atoms with E-state index in [4.69, 9.17) is 15.0 Å². The van der Waals surface area contributed by atoms with Crippen LogP contribution in [0, 0.1) is 12.8 Å². The minimum absolute atomic E-state index is 0.0627. The van der Waals surface area contributed by atoms with Gasteiger partial charge in [0.15, 0.2) is 0 Å². The van der Waals surface area contributed by atoms with E-state index in [0.717, 1.165) is 30.8 Å². The fraction of sp³-hybridized carbons (Fsp3) is 0.320. The number of carboxylic acid groups (broad SMARTS) is 1. The number of nitrogens with zero attached hydrogens (tertiary/aromatic N) is 3. The second-order valence-corrected chi connectivity index (χ2v) is 8.47. The molecule has 1 atom stereocenters. The van der Waals surface area contributed by atoms with Crippen molar-refractivity contribution in [2.75, 3.05) is 26.7 Å². The number of carboxylic acids is 1. The van der Waals surface area contributed by atoms with E-state index in [9.17, 15) is 18.0 Å². The third-order valence-corrected chi connectivity index (χ3v) is 5.59. The SMILES string of the molecule is Cc1ccc(-c2nn(-c3ccccc3)cc2C(=O)NCC2CCN(C)C2)cc1.O=C(O)C(F)(F)F. The van der Waals surface area contributed by atoms with Crippen LogP contribution in [0.1, 0.15) is 22.3 Å². The van der Waals surface area contributed by atoms with Gasteiger partial charge in [0.1, 0.15) is 5.69 Å². The molecule has 1 fully saturated rings. The van der Waals surface area contributed by atoms with Crippen molar-refractivity contribution in [3.05, 3.63) is 71.9 Å². The van der Waals surface area contributed by atoms with Gasteiger partial charge in [0.05, 0.1) is 11.3 Å². The van der Waals surface area contributed by atoms with Gasteiger partial charge in [-0.1, -0.05) is 48.0 Å². The largest absolute Gasteiger partial charge is 0.490 e. The second kappa shape index (κ2) is 11.2. The van der Waals surface area contributed by atoms with Crippen LogP contribution < -0.4 is 5.32 Å². The Morgan fingerprint density at radius 3 is 2.29 bits per heavy atom. The first-order valence-corrected chi connectivity index (χ1v) is 11.0. The normalized spacial score (nSPS) is 15.9. The van der Waals surface area contributed by atoms with Gasteiger partial charge < -0.3 is 15.3 Å². The Balaban J connectivity index is 0.000000429. The summed E-state index contributed by atoms with van der Waals surface area (Å²) in [4.78, 5) is 24.2.